The maximum atomic E-state index is 6.11. The molecule has 1 unspecified atom stereocenters. The van der Waals surface area contributed by atoms with Crippen LogP contribution in [-0.4, -0.2) is 0 Å². The van der Waals surface area contributed by atoms with Gasteiger partial charge in [-0.2, -0.15) is 0 Å². The molecule has 1 heterocycles. The van der Waals surface area contributed by atoms with Gasteiger partial charge in [0.25, 0.3) is 0 Å². The van der Waals surface area contributed by atoms with E-state index in [1.807, 2.05) is 37.3 Å². The van der Waals surface area contributed by atoms with Gasteiger partial charge in [-0.05, 0) is 31.0 Å². The van der Waals surface area contributed by atoms with Gasteiger partial charge in [0.15, 0.2) is 0 Å². The first-order chi connectivity index (χ1) is 7.75. The minimum atomic E-state index is 0.0895. The Morgan fingerprint density at radius 3 is 2.50 bits per heavy atom. The molecule has 0 amide bonds. The molecule has 16 heavy (non-hydrogen) atoms. The Bertz CT molecular complexity index is 433. The van der Waals surface area contributed by atoms with E-state index in [0.29, 0.717) is 0 Å². The number of benzene rings is 1. The van der Waals surface area contributed by atoms with Gasteiger partial charge in [-0.15, -0.1) is 0 Å². The minimum Gasteiger partial charge on any atom is -0.466 e. The van der Waals surface area contributed by atoms with Gasteiger partial charge in [0, 0.05) is 12.5 Å². The largest absolute Gasteiger partial charge is 0.466 e. The van der Waals surface area contributed by atoms with Gasteiger partial charge in [0.1, 0.15) is 11.5 Å². The zero-order valence-electron chi connectivity index (χ0n) is 9.52. The van der Waals surface area contributed by atoms with Crippen LogP contribution in [0.5, 0.6) is 0 Å². The summed E-state index contributed by atoms with van der Waals surface area (Å²) in [6.07, 6.45) is 1.81. The Hall–Kier alpha value is -1.54. The number of hydrogen-bond acceptors (Lipinski definition) is 2. The van der Waals surface area contributed by atoms with Gasteiger partial charge in [-0.3, -0.25) is 0 Å². The van der Waals surface area contributed by atoms with Gasteiger partial charge in [0.2, 0.25) is 0 Å². The molecule has 2 nitrogen and oxygen atoms in total. The van der Waals surface area contributed by atoms with E-state index in [1.54, 1.807) is 0 Å². The van der Waals surface area contributed by atoms with Crippen LogP contribution < -0.4 is 5.73 Å². The highest BCUT2D eigenvalue weighted by molar-refractivity contribution is 5.18. The van der Waals surface area contributed by atoms with E-state index in [0.717, 1.165) is 24.4 Å². The first-order valence-corrected chi connectivity index (χ1v) is 5.61. The summed E-state index contributed by atoms with van der Waals surface area (Å²) in [6.45, 7) is 1.96. The molecule has 2 N–H and O–H groups in total. The lowest BCUT2D eigenvalue weighted by atomic mass is 10.0. The molecule has 1 aromatic heterocycles. The molecule has 0 saturated heterocycles. The van der Waals surface area contributed by atoms with Crippen LogP contribution >= 0.6 is 0 Å². The molecular formula is C14H17NO. The predicted molar refractivity (Wildman–Crippen MR) is 65.1 cm³/mol. The second-order valence-electron chi connectivity index (χ2n) is 4.07. The summed E-state index contributed by atoms with van der Waals surface area (Å²) in [7, 11) is 0. The zero-order valence-corrected chi connectivity index (χ0v) is 9.52. The molecule has 2 rings (SSSR count). The van der Waals surface area contributed by atoms with Gasteiger partial charge in [-0.1, -0.05) is 30.3 Å². The molecule has 0 bridgehead atoms. The maximum absolute atomic E-state index is 6.11. The molecule has 0 aliphatic heterocycles. The molecule has 0 saturated carbocycles. The van der Waals surface area contributed by atoms with Crippen LogP contribution in [0, 0.1) is 6.92 Å². The van der Waals surface area contributed by atoms with E-state index >= 15 is 0 Å². The van der Waals surface area contributed by atoms with Crippen molar-refractivity contribution in [2.45, 2.75) is 25.8 Å². The Morgan fingerprint density at radius 2 is 1.88 bits per heavy atom. The van der Waals surface area contributed by atoms with Crippen LogP contribution in [0.3, 0.4) is 0 Å². The van der Waals surface area contributed by atoms with E-state index in [2.05, 4.69) is 12.1 Å². The Kier molecular flexibility index (Phi) is 3.42. The minimum absolute atomic E-state index is 0.0895. The molecule has 1 aromatic carbocycles. The summed E-state index contributed by atoms with van der Waals surface area (Å²) in [4.78, 5) is 0. The van der Waals surface area contributed by atoms with E-state index in [4.69, 9.17) is 10.2 Å². The van der Waals surface area contributed by atoms with Gasteiger partial charge < -0.3 is 10.2 Å². The Morgan fingerprint density at radius 1 is 1.12 bits per heavy atom. The quantitative estimate of drug-likeness (QED) is 0.850. The van der Waals surface area contributed by atoms with Crippen molar-refractivity contribution >= 4 is 0 Å². The summed E-state index contributed by atoms with van der Waals surface area (Å²) in [5, 5.41) is 0. The SMILES string of the molecule is Cc1ccc(CCC(N)c2ccccc2)o1. The van der Waals surface area contributed by atoms with E-state index < -0.39 is 0 Å². The molecular weight excluding hydrogens is 198 g/mol. The third-order valence-electron chi connectivity index (χ3n) is 2.73. The smallest absolute Gasteiger partial charge is 0.104 e. The average molecular weight is 215 g/mol. The normalized spacial score (nSPS) is 12.6. The van der Waals surface area contributed by atoms with E-state index in [-0.39, 0.29) is 6.04 Å². The van der Waals surface area contributed by atoms with Crippen molar-refractivity contribution in [3.63, 3.8) is 0 Å². The van der Waals surface area contributed by atoms with Crippen LogP contribution in [0.4, 0.5) is 0 Å². The summed E-state index contributed by atoms with van der Waals surface area (Å²) in [5.41, 5.74) is 7.29. The fourth-order valence-electron chi connectivity index (χ4n) is 1.78. The summed E-state index contributed by atoms with van der Waals surface area (Å²) in [5.74, 6) is 1.98. The molecule has 2 heteroatoms. The van der Waals surface area contributed by atoms with Gasteiger partial charge in [0.05, 0.1) is 0 Å². The lowest BCUT2D eigenvalue weighted by Crippen LogP contribution is -2.10. The fourth-order valence-corrected chi connectivity index (χ4v) is 1.78. The van der Waals surface area contributed by atoms with Crippen LogP contribution in [0.15, 0.2) is 46.9 Å². The van der Waals surface area contributed by atoms with Crippen molar-refractivity contribution in [3.8, 4) is 0 Å². The Balaban J connectivity index is 1.91. The highest BCUT2D eigenvalue weighted by Gasteiger charge is 2.07. The Labute approximate surface area is 96.1 Å². The van der Waals surface area contributed by atoms with Crippen molar-refractivity contribution in [2.24, 2.45) is 5.73 Å². The molecule has 0 aliphatic rings. The van der Waals surface area contributed by atoms with Crippen LogP contribution in [0.2, 0.25) is 0 Å². The number of rotatable bonds is 4. The lowest BCUT2D eigenvalue weighted by molar-refractivity contribution is 0.467. The third-order valence-corrected chi connectivity index (χ3v) is 2.73. The molecule has 0 spiro atoms. The van der Waals surface area contributed by atoms with Crippen molar-refractivity contribution in [2.75, 3.05) is 0 Å². The average Bonchev–Trinajstić information content (AvgIpc) is 2.73. The summed E-state index contributed by atoms with van der Waals surface area (Å²) in [6, 6.07) is 14.3. The lowest BCUT2D eigenvalue weighted by Gasteiger charge is -2.10. The second kappa shape index (κ2) is 4.99. The zero-order chi connectivity index (χ0) is 11.4. The van der Waals surface area contributed by atoms with Crippen LogP contribution in [-0.2, 0) is 6.42 Å². The standard InChI is InChI=1S/C14H17NO/c1-11-7-8-13(16-11)9-10-14(15)12-5-3-2-4-6-12/h2-8,14H,9-10,15H2,1H3. The third kappa shape index (κ3) is 2.74. The van der Waals surface area contributed by atoms with Gasteiger partial charge in [-0.25, -0.2) is 0 Å². The molecule has 0 radical (unpaired) electrons. The molecule has 1 atom stereocenters. The highest BCUT2D eigenvalue weighted by atomic mass is 16.3. The summed E-state index contributed by atoms with van der Waals surface area (Å²) >= 11 is 0. The van der Waals surface area contributed by atoms with Crippen molar-refractivity contribution in [1.82, 2.24) is 0 Å². The number of furan rings is 1. The van der Waals surface area contributed by atoms with Crippen LogP contribution in [0.25, 0.3) is 0 Å². The van der Waals surface area contributed by atoms with Gasteiger partial charge >= 0.3 is 0 Å². The molecule has 84 valence electrons. The first-order valence-electron chi connectivity index (χ1n) is 5.61. The number of aryl methyl sites for hydroxylation is 2. The van der Waals surface area contributed by atoms with E-state index in [9.17, 15) is 0 Å². The highest BCUT2D eigenvalue weighted by Crippen LogP contribution is 2.17. The number of hydrogen-bond donors (Lipinski definition) is 1. The van der Waals surface area contributed by atoms with E-state index in [1.165, 1.54) is 5.56 Å². The second-order valence-corrected chi connectivity index (χ2v) is 4.07. The molecule has 0 aliphatic carbocycles. The predicted octanol–water partition coefficient (Wildman–Crippen LogP) is 3.22. The first kappa shape index (κ1) is 11.0. The monoisotopic (exact) mass is 215 g/mol. The van der Waals surface area contributed by atoms with Crippen LogP contribution in [0.1, 0.15) is 29.5 Å². The summed E-state index contributed by atoms with van der Waals surface area (Å²) < 4.78 is 5.51. The van der Waals surface area contributed by atoms with Crippen molar-refractivity contribution in [3.05, 3.63) is 59.5 Å². The van der Waals surface area contributed by atoms with Crippen molar-refractivity contribution in [1.29, 1.82) is 0 Å². The molecule has 0 fully saturated rings. The topological polar surface area (TPSA) is 39.2 Å². The molecule has 2 aromatic rings. The maximum Gasteiger partial charge on any atom is 0.104 e. The fraction of sp³-hybridized carbons (Fsp3) is 0.286. The van der Waals surface area contributed by atoms with Crippen molar-refractivity contribution < 1.29 is 4.42 Å². The number of nitrogens with two attached hydrogens (primary N) is 1.